The van der Waals surface area contributed by atoms with Gasteiger partial charge >= 0.3 is 17.9 Å². The first-order chi connectivity index (χ1) is 18.8. The van der Waals surface area contributed by atoms with Crippen LogP contribution in [0, 0.1) is 0 Å². The van der Waals surface area contributed by atoms with Crippen LogP contribution in [0.3, 0.4) is 0 Å². The molecule has 16 nitrogen and oxygen atoms in total. The number of aliphatic carboxylic acids is 3. The van der Waals surface area contributed by atoms with E-state index >= 15 is 0 Å². The first-order valence-electron chi connectivity index (χ1n) is 11.9. The summed E-state index contributed by atoms with van der Waals surface area (Å²) in [6, 6.07) is 0.759. The van der Waals surface area contributed by atoms with Gasteiger partial charge in [0.1, 0.15) is 18.1 Å². The number of nitrogens with two attached hydrogens (primary N) is 2. The minimum Gasteiger partial charge on any atom is -0.481 e. The number of amides is 4. The van der Waals surface area contributed by atoms with Crippen molar-refractivity contribution in [3.63, 3.8) is 0 Å². The van der Waals surface area contributed by atoms with Crippen molar-refractivity contribution in [3.8, 4) is 0 Å². The van der Waals surface area contributed by atoms with Crippen LogP contribution in [0.25, 0.3) is 10.9 Å². The summed E-state index contributed by atoms with van der Waals surface area (Å²) in [6.07, 6.45) is -1.01. The Labute approximate surface area is 226 Å². The molecule has 0 radical (unpaired) electrons. The number of carbonyl (C=O) groups excluding carboxylic acids is 4. The summed E-state index contributed by atoms with van der Waals surface area (Å²) in [4.78, 5) is 86.5. The summed E-state index contributed by atoms with van der Waals surface area (Å²) in [6.45, 7) is 0. The predicted octanol–water partition coefficient (Wildman–Crippen LogP) is -2.21. The first-order valence-corrected chi connectivity index (χ1v) is 11.9. The van der Waals surface area contributed by atoms with Crippen molar-refractivity contribution in [1.82, 2.24) is 20.9 Å². The number of carboxylic acids is 3. The van der Waals surface area contributed by atoms with E-state index in [9.17, 15) is 38.7 Å². The Morgan fingerprint density at radius 3 is 1.98 bits per heavy atom. The zero-order valence-corrected chi connectivity index (χ0v) is 21.1. The maximum atomic E-state index is 13.3. The maximum absolute atomic E-state index is 13.3. The highest BCUT2D eigenvalue weighted by molar-refractivity contribution is 5.96. The average Bonchev–Trinajstić information content (AvgIpc) is 3.27. The summed E-state index contributed by atoms with van der Waals surface area (Å²) in [5, 5.41) is 34.5. The van der Waals surface area contributed by atoms with E-state index in [0.29, 0.717) is 10.9 Å². The molecule has 11 N–H and O–H groups in total. The van der Waals surface area contributed by atoms with E-state index in [1.54, 1.807) is 30.5 Å². The van der Waals surface area contributed by atoms with Gasteiger partial charge in [0.05, 0.1) is 18.9 Å². The molecule has 0 saturated carbocycles. The summed E-state index contributed by atoms with van der Waals surface area (Å²) in [5.74, 6) is -8.36. The number of H-pyrrole nitrogens is 1. The SMILES string of the molecule is NC(=O)CCC(NC(=O)C(Cc1c[nH]c2ccccc12)NC(=O)C(N)CC(=O)O)C(=O)NC(CC(=O)O)C(=O)O. The summed E-state index contributed by atoms with van der Waals surface area (Å²) in [5.41, 5.74) is 12.1. The molecule has 40 heavy (non-hydrogen) atoms. The fraction of sp³-hybridized carbons (Fsp3) is 0.375. The molecule has 2 aromatic rings. The molecule has 4 atom stereocenters. The van der Waals surface area contributed by atoms with E-state index in [2.05, 4.69) is 15.6 Å². The Morgan fingerprint density at radius 2 is 1.38 bits per heavy atom. The second-order valence-electron chi connectivity index (χ2n) is 8.89. The number of benzene rings is 1. The fourth-order valence-electron chi connectivity index (χ4n) is 3.76. The van der Waals surface area contributed by atoms with Crippen molar-refractivity contribution in [2.45, 2.75) is 56.3 Å². The summed E-state index contributed by atoms with van der Waals surface area (Å²) in [7, 11) is 0. The molecule has 1 aromatic heterocycles. The van der Waals surface area contributed by atoms with Crippen molar-refractivity contribution >= 4 is 52.4 Å². The average molecular weight is 563 g/mol. The van der Waals surface area contributed by atoms with Crippen LogP contribution in [0.1, 0.15) is 31.2 Å². The molecule has 4 unspecified atom stereocenters. The van der Waals surface area contributed by atoms with Gasteiger partial charge in [-0.3, -0.25) is 28.8 Å². The molecule has 4 amide bonds. The van der Waals surface area contributed by atoms with Gasteiger partial charge in [0.2, 0.25) is 23.6 Å². The van der Waals surface area contributed by atoms with Crippen LogP contribution in [0.4, 0.5) is 0 Å². The molecular weight excluding hydrogens is 532 g/mol. The van der Waals surface area contributed by atoms with Crippen LogP contribution in [0.2, 0.25) is 0 Å². The number of fused-ring (bicyclic) bond motifs is 1. The summed E-state index contributed by atoms with van der Waals surface area (Å²) >= 11 is 0. The highest BCUT2D eigenvalue weighted by Gasteiger charge is 2.32. The van der Waals surface area contributed by atoms with E-state index in [1.807, 2.05) is 5.32 Å². The quantitative estimate of drug-likeness (QED) is 0.106. The van der Waals surface area contributed by atoms with Crippen molar-refractivity contribution in [1.29, 1.82) is 0 Å². The highest BCUT2D eigenvalue weighted by atomic mass is 16.4. The van der Waals surface area contributed by atoms with Gasteiger partial charge in [0, 0.05) is 29.9 Å². The van der Waals surface area contributed by atoms with E-state index in [4.69, 9.17) is 21.7 Å². The Balaban J connectivity index is 2.33. The lowest BCUT2D eigenvalue weighted by Crippen LogP contribution is -2.58. The Morgan fingerprint density at radius 1 is 0.800 bits per heavy atom. The van der Waals surface area contributed by atoms with Crippen LogP contribution in [-0.4, -0.2) is 86.0 Å². The normalized spacial score (nSPS) is 13.8. The third kappa shape index (κ3) is 9.39. The van der Waals surface area contributed by atoms with E-state index in [0.717, 1.165) is 5.52 Å². The molecule has 0 fully saturated rings. The number of rotatable bonds is 16. The molecule has 216 valence electrons. The molecule has 16 heteroatoms. The van der Waals surface area contributed by atoms with Crippen molar-refractivity contribution in [2.24, 2.45) is 11.5 Å². The molecule has 0 bridgehead atoms. The van der Waals surface area contributed by atoms with E-state index < -0.39 is 85.0 Å². The molecule has 0 aliphatic rings. The molecule has 0 aliphatic heterocycles. The van der Waals surface area contributed by atoms with Crippen LogP contribution in [0.15, 0.2) is 30.5 Å². The standard InChI is InChI=1S/C24H30N6O10/c25-13(8-19(32)33)21(36)29-16(7-11-10-27-14-4-2-1-3-12(11)14)23(38)28-15(5-6-18(26)31)22(37)30-17(24(39)40)9-20(34)35/h1-4,10,13,15-17,27H,5-9,25H2,(H2,26,31)(H,28,38)(H,29,36)(H,30,37)(H,32,33)(H,34,35)(H,39,40). The lowest BCUT2D eigenvalue weighted by atomic mass is 10.0. The van der Waals surface area contributed by atoms with Crippen molar-refractivity contribution < 1.29 is 48.9 Å². The Bertz CT molecular complexity index is 1290. The fourth-order valence-corrected chi connectivity index (χ4v) is 3.76. The second kappa shape index (κ2) is 14.2. The molecule has 0 spiro atoms. The minimum absolute atomic E-state index is 0.137. The third-order valence-electron chi connectivity index (χ3n) is 5.77. The number of para-hydroxylation sites is 1. The number of nitrogens with one attached hydrogen (secondary N) is 4. The van der Waals surface area contributed by atoms with Gasteiger partial charge in [-0.05, 0) is 18.1 Å². The van der Waals surface area contributed by atoms with Gasteiger partial charge in [-0.2, -0.15) is 0 Å². The topological polar surface area (TPSA) is 284 Å². The lowest BCUT2D eigenvalue weighted by molar-refractivity contribution is -0.147. The van der Waals surface area contributed by atoms with Gasteiger partial charge in [-0.25, -0.2) is 4.79 Å². The second-order valence-corrected chi connectivity index (χ2v) is 8.89. The Hall–Kier alpha value is -4.99. The van der Waals surface area contributed by atoms with Crippen molar-refractivity contribution in [3.05, 3.63) is 36.0 Å². The number of aromatic amines is 1. The molecule has 0 saturated heterocycles. The van der Waals surface area contributed by atoms with Crippen LogP contribution < -0.4 is 27.4 Å². The van der Waals surface area contributed by atoms with Crippen LogP contribution >= 0.6 is 0 Å². The van der Waals surface area contributed by atoms with Gasteiger partial charge in [0.15, 0.2) is 0 Å². The monoisotopic (exact) mass is 562 g/mol. The smallest absolute Gasteiger partial charge is 0.326 e. The number of carbonyl (C=O) groups is 7. The minimum atomic E-state index is -1.84. The van der Waals surface area contributed by atoms with Crippen LogP contribution in [0.5, 0.6) is 0 Å². The van der Waals surface area contributed by atoms with Crippen molar-refractivity contribution in [2.75, 3.05) is 0 Å². The molecule has 1 heterocycles. The van der Waals surface area contributed by atoms with Crippen LogP contribution in [-0.2, 0) is 40.0 Å². The zero-order valence-electron chi connectivity index (χ0n) is 21.1. The maximum Gasteiger partial charge on any atom is 0.326 e. The number of hydrogen-bond acceptors (Lipinski definition) is 8. The van der Waals surface area contributed by atoms with E-state index in [1.165, 1.54) is 0 Å². The third-order valence-corrected chi connectivity index (χ3v) is 5.77. The predicted molar refractivity (Wildman–Crippen MR) is 136 cm³/mol. The number of hydrogen-bond donors (Lipinski definition) is 9. The largest absolute Gasteiger partial charge is 0.481 e. The number of aromatic nitrogens is 1. The highest BCUT2D eigenvalue weighted by Crippen LogP contribution is 2.19. The van der Waals surface area contributed by atoms with Gasteiger partial charge in [0.25, 0.3) is 0 Å². The Kier molecular flexibility index (Phi) is 11.1. The number of primary amides is 1. The molecule has 0 aliphatic carbocycles. The van der Waals surface area contributed by atoms with E-state index in [-0.39, 0.29) is 12.8 Å². The lowest BCUT2D eigenvalue weighted by Gasteiger charge is -2.25. The summed E-state index contributed by atoms with van der Waals surface area (Å²) < 4.78 is 0. The van der Waals surface area contributed by atoms with Gasteiger partial charge < -0.3 is 47.7 Å². The first kappa shape index (κ1) is 31.2. The molecule has 2 rings (SSSR count). The van der Waals surface area contributed by atoms with Gasteiger partial charge in [-0.15, -0.1) is 0 Å². The molecule has 1 aromatic carbocycles. The van der Waals surface area contributed by atoms with Gasteiger partial charge in [-0.1, -0.05) is 18.2 Å². The zero-order chi connectivity index (χ0) is 30.0. The molecular formula is C24H30N6O10. The number of carboxylic acid groups (broad SMARTS) is 3.